The lowest BCUT2D eigenvalue weighted by Gasteiger charge is -2.32. The van der Waals surface area contributed by atoms with Crippen molar-refractivity contribution < 1.29 is 28.2 Å². The van der Waals surface area contributed by atoms with E-state index in [4.69, 9.17) is 4.74 Å². The predicted molar refractivity (Wildman–Crippen MR) is 123 cm³/mol. The van der Waals surface area contributed by atoms with Gasteiger partial charge in [0.2, 0.25) is 0 Å². The van der Waals surface area contributed by atoms with Crippen molar-refractivity contribution in [1.82, 2.24) is 4.90 Å². The number of hydrogen-bond donors (Lipinski definition) is 2. The van der Waals surface area contributed by atoms with Gasteiger partial charge in [0, 0.05) is 36.5 Å². The molecule has 2 N–H and O–H groups in total. The molecular weight excluding hydrogens is 442 g/mol. The predicted octanol–water partition coefficient (Wildman–Crippen LogP) is 4.74. The fourth-order valence-electron chi connectivity index (χ4n) is 3.86. The molecule has 3 aromatic rings. The van der Waals surface area contributed by atoms with Gasteiger partial charge in [-0.3, -0.25) is 9.59 Å². The minimum atomic E-state index is -0.872. The molecule has 0 saturated carbocycles. The van der Waals surface area contributed by atoms with Crippen LogP contribution < -0.4 is 5.32 Å². The Balaban J connectivity index is 1.33. The van der Waals surface area contributed by atoms with Gasteiger partial charge in [-0.25, -0.2) is 8.78 Å². The second kappa shape index (κ2) is 10.4. The molecule has 2 amide bonds. The minimum absolute atomic E-state index is 0.0584. The number of anilines is 1. The van der Waals surface area contributed by atoms with Crippen LogP contribution in [0.3, 0.4) is 0 Å². The molecule has 176 valence electrons. The molecule has 8 heteroatoms. The van der Waals surface area contributed by atoms with E-state index >= 15 is 0 Å². The molecule has 1 aliphatic heterocycles. The van der Waals surface area contributed by atoms with E-state index in [0.29, 0.717) is 38.6 Å². The van der Waals surface area contributed by atoms with E-state index in [9.17, 15) is 23.5 Å². The Kier molecular flexibility index (Phi) is 7.18. The lowest BCUT2D eigenvalue weighted by atomic mass is 10.1. The van der Waals surface area contributed by atoms with Gasteiger partial charge in [0.25, 0.3) is 11.8 Å². The normalized spacial score (nSPS) is 14.1. The maximum Gasteiger partial charge on any atom is 0.257 e. The van der Waals surface area contributed by atoms with Crippen molar-refractivity contribution in [3.63, 3.8) is 0 Å². The Hall–Kier alpha value is -3.78. The number of carbonyl (C=O) groups is 2. The molecule has 1 fully saturated rings. The van der Waals surface area contributed by atoms with Gasteiger partial charge in [0.05, 0.1) is 18.3 Å². The third-order valence-corrected chi connectivity index (χ3v) is 5.67. The fraction of sp³-hybridized carbons (Fsp3) is 0.231. The number of ether oxygens (including phenoxy) is 1. The van der Waals surface area contributed by atoms with Crippen LogP contribution in [0.2, 0.25) is 0 Å². The highest BCUT2D eigenvalue weighted by molar-refractivity contribution is 6.05. The van der Waals surface area contributed by atoms with Crippen molar-refractivity contribution in [3.8, 4) is 5.75 Å². The molecule has 0 spiro atoms. The van der Waals surface area contributed by atoms with Crippen LogP contribution in [-0.2, 0) is 11.3 Å². The first-order valence-electron chi connectivity index (χ1n) is 10.9. The number of halogens is 2. The van der Waals surface area contributed by atoms with E-state index in [1.807, 2.05) is 30.3 Å². The van der Waals surface area contributed by atoms with Crippen LogP contribution in [0, 0.1) is 11.6 Å². The maximum atomic E-state index is 13.3. The van der Waals surface area contributed by atoms with E-state index in [2.05, 4.69) is 5.32 Å². The highest BCUT2D eigenvalue weighted by Gasteiger charge is 2.26. The molecule has 0 unspecified atom stereocenters. The largest absolute Gasteiger partial charge is 0.507 e. The summed E-state index contributed by atoms with van der Waals surface area (Å²) in [6, 6.07) is 16.5. The topological polar surface area (TPSA) is 78.9 Å². The second-order valence-electron chi connectivity index (χ2n) is 8.13. The number of nitrogens with zero attached hydrogens (tertiary/aromatic N) is 1. The van der Waals surface area contributed by atoms with Gasteiger partial charge >= 0.3 is 0 Å². The summed E-state index contributed by atoms with van der Waals surface area (Å²) in [6.45, 7) is 1.53. The van der Waals surface area contributed by atoms with Gasteiger partial charge in [-0.2, -0.15) is 0 Å². The zero-order chi connectivity index (χ0) is 24.1. The van der Waals surface area contributed by atoms with Crippen LogP contribution in [-0.4, -0.2) is 41.0 Å². The molecule has 6 nitrogen and oxygen atoms in total. The van der Waals surface area contributed by atoms with Crippen molar-refractivity contribution in [2.24, 2.45) is 0 Å². The molecule has 0 bridgehead atoms. The quantitative estimate of drug-likeness (QED) is 0.550. The summed E-state index contributed by atoms with van der Waals surface area (Å²) in [4.78, 5) is 26.8. The summed E-state index contributed by atoms with van der Waals surface area (Å²) in [5, 5.41) is 12.8. The molecule has 1 saturated heterocycles. The number of amides is 2. The van der Waals surface area contributed by atoms with Crippen molar-refractivity contribution in [1.29, 1.82) is 0 Å². The number of rotatable bonds is 6. The second-order valence-corrected chi connectivity index (χ2v) is 8.13. The summed E-state index contributed by atoms with van der Waals surface area (Å²) >= 11 is 0. The van der Waals surface area contributed by atoms with Gasteiger partial charge in [0.15, 0.2) is 0 Å². The van der Waals surface area contributed by atoms with Crippen LogP contribution in [0.25, 0.3) is 0 Å². The first kappa shape index (κ1) is 23.4. The molecule has 3 aromatic carbocycles. The minimum Gasteiger partial charge on any atom is -0.507 e. The number of hydrogen-bond acceptors (Lipinski definition) is 4. The molecule has 34 heavy (non-hydrogen) atoms. The number of likely N-dealkylation sites (tertiary alicyclic amines) is 1. The van der Waals surface area contributed by atoms with Crippen molar-refractivity contribution in [2.45, 2.75) is 25.6 Å². The molecule has 4 rings (SSSR count). The third kappa shape index (κ3) is 5.77. The molecule has 1 aliphatic rings. The van der Waals surface area contributed by atoms with Crippen molar-refractivity contribution in [2.75, 3.05) is 18.4 Å². The first-order valence-corrected chi connectivity index (χ1v) is 10.9. The molecule has 0 atom stereocenters. The Morgan fingerprint density at radius 3 is 2.29 bits per heavy atom. The highest BCUT2D eigenvalue weighted by Crippen LogP contribution is 2.26. The Morgan fingerprint density at radius 2 is 1.65 bits per heavy atom. The lowest BCUT2D eigenvalue weighted by Crippen LogP contribution is -2.40. The van der Waals surface area contributed by atoms with Crippen LogP contribution >= 0.6 is 0 Å². The van der Waals surface area contributed by atoms with E-state index in [0.717, 1.165) is 17.7 Å². The van der Waals surface area contributed by atoms with Crippen LogP contribution in [0.5, 0.6) is 5.75 Å². The maximum absolute atomic E-state index is 13.3. The van der Waals surface area contributed by atoms with E-state index in [1.54, 1.807) is 4.90 Å². The number of piperidine rings is 1. The number of carbonyl (C=O) groups excluding carboxylic acids is 2. The molecule has 1 heterocycles. The molecular formula is C26H24F2N2O4. The molecule has 0 radical (unpaired) electrons. The monoisotopic (exact) mass is 466 g/mol. The number of aromatic hydroxyl groups is 1. The van der Waals surface area contributed by atoms with Crippen LogP contribution in [0.4, 0.5) is 14.5 Å². The van der Waals surface area contributed by atoms with Gasteiger partial charge in [-0.15, -0.1) is 0 Å². The summed E-state index contributed by atoms with van der Waals surface area (Å²) in [7, 11) is 0. The lowest BCUT2D eigenvalue weighted by molar-refractivity contribution is -0.000430. The zero-order valence-corrected chi connectivity index (χ0v) is 18.3. The van der Waals surface area contributed by atoms with Crippen molar-refractivity contribution in [3.05, 3.63) is 95.1 Å². The van der Waals surface area contributed by atoms with E-state index in [-0.39, 0.29) is 34.6 Å². The van der Waals surface area contributed by atoms with Gasteiger partial charge in [-0.05, 0) is 42.7 Å². The van der Waals surface area contributed by atoms with E-state index < -0.39 is 17.5 Å². The Labute approximate surface area is 195 Å². The third-order valence-electron chi connectivity index (χ3n) is 5.67. The van der Waals surface area contributed by atoms with Crippen LogP contribution in [0.15, 0.2) is 66.7 Å². The summed E-state index contributed by atoms with van der Waals surface area (Å²) in [5.74, 6) is -3.10. The highest BCUT2D eigenvalue weighted by atomic mass is 19.1. The standard InChI is InChI=1S/C26H24F2N2O4/c27-19-12-18(13-20(28)14-19)25(32)29-21-6-7-23(24(31)15-21)26(33)30-10-8-22(9-11-30)34-16-17-4-2-1-3-5-17/h1-7,12-15,22,31H,8-11,16H2,(H,29,32). The van der Waals surface area contributed by atoms with Gasteiger partial charge in [0.1, 0.15) is 17.4 Å². The SMILES string of the molecule is O=C(Nc1ccc(C(=O)N2CCC(OCc3ccccc3)CC2)c(O)c1)c1cc(F)cc(F)c1. The fourth-order valence-corrected chi connectivity index (χ4v) is 3.86. The Morgan fingerprint density at radius 1 is 0.971 bits per heavy atom. The van der Waals surface area contributed by atoms with Crippen LogP contribution in [0.1, 0.15) is 39.1 Å². The van der Waals surface area contributed by atoms with Gasteiger partial charge in [-0.1, -0.05) is 30.3 Å². The first-order chi connectivity index (χ1) is 16.4. The number of phenolic OH excluding ortho intramolecular Hbond substituents is 1. The van der Waals surface area contributed by atoms with E-state index in [1.165, 1.54) is 18.2 Å². The summed E-state index contributed by atoms with van der Waals surface area (Å²) < 4.78 is 32.6. The average molecular weight is 466 g/mol. The summed E-state index contributed by atoms with van der Waals surface area (Å²) in [5.41, 5.74) is 1.20. The zero-order valence-electron chi connectivity index (χ0n) is 18.3. The molecule has 0 aliphatic carbocycles. The summed E-state index contributed by atoms with van der Waals surface area (Å²) in [6.07, 6.45) is 1.44. The number of phenols is 1. The number of nitrogens with one attached hydrogen (secondary N) is 1. The van der Waals surface area contributed by atoms with Crippen molar-refractivity contribution >= 4 is 17.5 Å². The van der Waals surface area contributed by atoms with Gasteiger partial charge < -0.3 is 20.1 Å². The Bertz CT molecular complexity index is 1160. The number of benzene rings is 3. The molecule has 0 aromatic heterocycles. The smallest absolute Gasteiger partial charge is 0.257 e. The average Bonchev–Trinajstić information content (AvgIpc) is 2.83.